The third kappa shape index (κ3) is 3.91. The summed E-state index contributed by atoms with van der Waals surface area (Å²) in [7, 11) is 1.70. The lowest BCUT2D eigenvalue weighted by Gasteiger charge is -2.27. The van der Waals surface area contributed by atoms with Gasteiger partial charge in [-0.05, 0) is 6.92 Å². The van der Waals surface area contributed by atoms with E-state index in [9.17, 15) is 0 Å². The number of hydrogen-bond acceptors (Lipinski definition) is 3. The smallest absolute Gasteiger partial charge is 0.0933 e. The van der Waals surface area contributed by atoms with Crippen LogP contribution >= 0.6 is 12.4 Å². The first-order chi connectivity index (χ1) is 4.83. The predicted molar refractivity (Wildman–Crippen MR) is 46.3 cm³/mol. The zero-order valence-corrected chi connectivity index (χ0v) is 7.82. The predicted octanol–water partition coefficient (Wildman–Crippen LogP) is 0.432. The summed E-state index contributed by atoms with van der Waals surface area (Å²) in [5.74, 6) is 0. The largest absolute Gasteiger partial charge is 0.382 e. The van der Waals surface area contributed by atoms with Gasteiger partial charge in [0.15, 0.2) is 0 Å². The molecule has 0 aromatic carbocycles. The Balaban J connectivity index is 0.000001000. The quantitative estimate of drug-likeness (QED) is 0.671. The molecule has 3 nitrogen and oxygen atoms in total. The molecule has 0 bridgehead atoms. The summed E-state index contributed by atoms with van der Waals surface area (Å²) in [5, 5.41) is 3.31. The standard InChI is InChI=1S/C7H15NO2.ClH/c1-6-4-10-7(3-8-6)5-9-2;/h6-8H,3-5H2,1-2H3;1H/t6?,7-;/m0./s1. The van der Waals surface area contributed by atoms with E-state index in [-0.39, 0.29) is 18.5 Å². The Hall–Kier alpha value is 0.170. The van der Waals surface area contributed by atoms with Gasteiger partial charge in [0.1, 0.15) is 0 Å². The van der Waals surface area contributed by atoms with E-state index in [1.54, 1.807) is 7.11 Å². The number of methoxy groups -OCH3 is 1. The lowest BCUT2D eigenvalue weighted by atomic mass is 10.2. The molecule has 1 unspecified atom stereocenters. The van der Waals surface area contributed by atoms with Crippen molar-refractivity contribution in [3.05, 3.63) is 0 Å². The molecule has 2 atom stereocenters. The highest BCUT2D eigenvalue weighted by atomic mass is 35.5. The van der Waals surface area contributed by atoms with Crippen LogP contribution in [0.25, 0.3) is 0 Å². The summed E-state index contributed by atoms with van der Waals surface area (Å²) in [5.41, 5.74) is 0. The highest BCUT2D eigenvalue weighted by Gasteiger charge is 2.16. The molecule has 0 aliphatic carbocycles. The van der Waals surface area contributed by atoms with Crippen LogP contribution in [0.3, 0.4) is 0 Å². The number of nitrogens with one attached hydrogen (secondary N) is 1. The van der Waals surface area contributed by atoms with E-state index in [0.29, 0.717) is 12.6 Å². The molecule has 1 heterocycles. The van der Waals surface area contributed by atoms with Gasteiger partial charge in [-0.2, -0.15) is 0 Å². The molecule has 1 aliphatic rings. The number of rotatable bonds is 2. The zero-order valence-electron chi connectivity index (χ0n) is 7.00. The minimum absolute atomic E-state index is 0. The number of hydrogen-bond donors (Lipinski definition) is 1. The van der Waals surface area contributed by atoms with Crippen LogP contribution < -0.4 is 5.32 Å². The molecule has 0 spiro atoms. The topological polar surface area (TPSA) is 30.5 Å². The van der Waals surface area contributed by atoms with Gasteiger partial charge in [-0.3, -0.25) is 0 Å². The highest BCUT2D eigenvalue weighted by molar-refractivity contribution is 5.85. The van der Waals surface area contributed by atoms with Crippen LogP contribution in [0.1, 0.15) is 6.92 Å². The van der Waals surface area contributed by atoms with Crippen molar-refractivity contribution in [3.8, 4) is 0 Å². The first-order valence-corrected chi connectivity index (χ1v) is 3.67. The molecule has 0 radical (unpaired) electrons. The van der Waals surface area contributed by atoms with Gasteiger partial charge < -0.3 is 14.8 Å². The molecule has 1 aliphatic heterocycles. The Morgan fingerprint density at radius 3 is 2.82 bits per heavy atom. The molecule has 0 amide bonds. The molecule has 11 heavy (non-hydrogen) atoms. The normalized spacial score (nSPS) is 31.1. The molecule has 4 heteroatoms. The molecular weight excluding hydrogens is 166 g/mol. The second-order valence-electron chi connectivity index (χ2n) is 2.72. The van der Waals surface area contributed by atoms with Crippen molar-refractivity contribution < 1.29 is 9.47 Å². The average Bonchev–Trinajstić information content (AvgIpc) is 1.95. The number of halogens is 1. The summed E-state index contributed by atoms with van der Waals surface area (Å²) < 4.78 is 10.4. The van der Waals surface area contributed by atoms with E-state index in [4.69, 9.17) is 9.47 Å². The molecule has 0 saturated carbocycles. The van der Waals surface area contributed by atoms with Crippen molar-refractivity contribution in [1.29, 1.82) is 0 Å². The van der Waals surface area contributed by atoms with E-state index in [2.05, 4.69) is 12.2 Å². The van der Waals surface area contributed by atoms with Gasteiger partial charge in [0.2, 0.25) is 0 Å². The summed E-state index contributed by atoms with van der Waals surface area (Å²) in [6, 6.07) is 0.494. The van der Waals surface area contributed by atoms with Crippen LogP contribution in [0.15, 0.2) is 0 Å². The number of ether oxygens (including phenoxy) is 2. The minimum atomic E-state index is 0. The van der Waals surface area contributed by atoms with Gasteiger partial charge >= 0.3 is 0 Å². The van der Waals surface area contributed by atoms with E-state index >= 15 is 0 Å². The molecule has 1 rings (SSSR count). The first-order valence-electron chi connectivity index (χ1n) is 3.67. The lowest BCUT2D eigenvalue weighted by molar-refractivity contribution is -0.0330. The molecule has 0 aromatic rings. The summed E-state index contributed by atoms with van der Waals surface area (Å²) in [6.45, 7) is 4.52. The van der Waals surface area contributed by atoms with E-state index in [1.165, 1.54) is 0 Å². The zero-order chi connectivity index (χ0) is 7.40. The Kier molecular flexibility index (Phi) is 5.86. The fourth-order valence-corrected chi connectivity index (χ4v) is 1.02. The second kappa shape index (κ2) is 5.77. The Labute approximate surface area is 73.9 Å². The summed E-state index contributed by atoms with van der Waals surface area (Å²) in [6.07, 6.45) is 0.251. The lowest BCUT2D eigenvalue weighted by Crippen LogP contribution is -2.46. The molecule has 68 valence electrons. The Bertz CT molecular complexity index is 94.4. The van der Waals surface area contributed by atoms with E-state index in [0.717, 1.165) is 13.2 Å². The summed E-state index contributed by atoms with van der Waals surface area (Å²) in [4.78, 5) is 0. The molecule has 1 fully saturated rings. The molecule has 0 aromatic heterocycles. The second-order valence-corrected chi connectivity index (χ2v) is 2.72. The van der Waals surface area contributed by atoms with Gasteiger partial charge in [0.25, 0.3) is 0 Å². The van der Waals surface area contributed by atoms with Crippen molar-refractivity contribution in [2.45, 2.75) is 19.1 Å². The van der Waals surface area contributed by atoms with Gasteiger partial charge in [-0.1, -0.05) is 0 Å². The van der Waals surface area contributed by atoms with Crippen molar-refractivity contribution in [2.24, 2.45) is 0 Å². The van der Waals surface area contributed by atoms with Crippen LogP contribution in [-0.2, 0) is 9.47 Å². The van der Waals surface area contributed by atoms with Crippen molar-refractivity contribution in [1.82, 2.24) is 5.32 Å². The van der Waals surface area contributed by atoms with Gasteiger partial charge in [-0.25, -0.2) is 0 Å². The van der Waals surface area contributed by atoms with Crippen molar-refractivity contribution in [3.63, 3.8) is 0 Å². The SMILES string of the molecule is COC[C@@H]1CNC(C)CO1.Cl. The third-order valence-electron chi connectivity index (χ3n) is 1.63. The van der Waals surface area contributed by atoms with Crippen LogP contribution in [0, 0.1) is 0 Å². The Morgan fingerprint density at radius 1 is 1.64 bits per heavy atom. The van der Waals surface area contributed by atoms with Crippen LogP contribution in [0.4, 0.5) is 0 Å². The van der Waals surface area contributed by atoms with E-state index < -0.39 is 0 Å². The van der Waals surface area contributed by atoms with Crippen LogP contribution in [-0.4, -0.2) is 39.0 Å². The first kappa shape index (κ1) is 11.2. The van der Waals surface area contributed by atoms with Gasteiger partial charge in [-0.15, -0.1) is 12.4 Å². The maximum absolute atomic E-state index is 5.44. The van der Waals surface area contributed by atoms with Gasteiger partial charge in [0, 0.05) is 19.7 Å². The average molecular weight is 182 g/mol. The Morgan fingerprint density at radius 2 is 2.36 bits per heavy atom. The maximum Gasteiger partial charge on any atom is 0.0933 e. The van der Waals surface area contributed by atoms with Crippen LogP contribution in [0.2, 0.25) is 0 Å². The fourth-order valence-electron chi connectivity index (χ4n) is 1.02. The molecule has 1 saturated heterocycles. The molecular formula is C7H16ClNO2. The van der Waals surface area contributed by atoms with E-state index in [1.807, 2.05) is 0 Å². The highest BCUT2D eigenvalue weighted by Crippen LogP contribution is 1.99. The maximum atomic E-state index is 5.44. The number of morpholine rings is 1. The van der Waals surface area contributed by atoms with Crippen LogP contribution in [0.5, 0.6) is 0 Å². The fraction of sp³-hybridized carbons (Fsp3) is 1.00. The third-order valence-corrected chi connectivity index (χ3v) is 1.63. The monoisotopic (exact) mass is 181 g/mol. The van der Waals surface area contributed by atoms with Gasteiger partial charge in [0.05, 0.1) is 19.3 Å². The minimum Gasteiger partial charge on any atom is -0.382 e. The molecule has 1 N–H and O–H groups in total. The van der Waals surface area contributed by atoms with Crippen molar-refractivity contribution >= 4 is 12.4 Å². The van der Waals surface area contributed by atoms with Crippen molar-refractivity contribution in [2.75, 3.05) is 26.9 Å². The summed E-state index contributed by atoms with van der Waals surface area (Å²) >= 11 is 0.